The standard InChI is InChI=1S/C14H23N3O/c1-10(12-5-4-6-15-9-12)7-13(18)14-11(2)8-16-17(14)3/h8,10,12,15H,4-7,9H2,1-3H3. The highest BCUT2D eigenvalue weighted by molar-refractivity contribution is 5.95. The van der Waals surface area contributed by atoms with Crippen LogP contribution < -0.4 is 5.32 Å². The molecule has 0 amide bonds. The maximum atomic E-state index is 12.3. The van der Waals surface area contributed by atoms with Crippen molar-refractivity contribution in [3.63, 3.8) is 0 Å². The molecule has 1 aromatic rings. The average Bonchev–Trinajstić information content (AvgIpc) is 2.70. The Morgan fingerprint density at radius 1 is 1.67 bits per heavy atom. The van der Waals surface area contributed by atoms with E-state index in [4.69, 9.17) is 0 Å². The van der Waals surface area contributed by atoms with Crippen LogP contribution in [0, 0.1) is 18.8 Å². The third-order valence-electron chi connectivity index (χ3n) is 4.03. The van der Waals surface area contributed by atoms with Crippen molar-refractivity contribution in [2.45, 2.75) is 33.1 Å². The molecule has 18 heavy (non-hydrogen) atoms. The SMILES string of the molecule is Cc1cnn(C)c1C(=O)CC(C)C1CCCNC1. The molecule has 0 saturated carbocycles. The fourth-order valence-corrected chi connectivity index (χ4v) is 2.87. The molecule has 2 heterocycles. The molecule has 0 aliphatic carbocycles. The maximum Gasteiger partial charge on any atom is 0.181 e. The minimum absolute atomic E-state index is 0.227. The van der Waals surface area contributed by atoms with Gasteiger partial charge in [0.25, 0.3) is 0 Å². The Kier molecular flexibility index (Phi) is 4.17. The van der Waals surface area contributed by atoms with Gasteiger partial charge >= 0.3 is 0 Å². The molecule has 100 valence electrons. The molecule has 2 rings (SSSR count). The lowest BCUT2D eigenvalue weighted by atomic mass is 9.84. The molecule has 2 atom stereocenters. The lowest BCUT2D eigenvalue weighted by Gasteiger charge is -2.28. The van der Waals surface area contributed by atoms with Crippen LogP contribution in [0.3, 0.4) is 0 Å². The molecule has 0 radical (unpaired) electrons. The average molecular weight is 249 g/mol. The summed E-state index contributed by atoms with van der Waals surface area (Å²) in [5.41, 5.74) is 1.75. The van der Waals surface area contributed by atoms with Crippen LogP contribution in [-0.4, -0.2) is 28.7 Å². The van der Waals surface area contributed by atoms with Crippen LogP contribution in [0.4, 0.5) is 0 Å². The molecule has 0 bridgehead atoms. The summed E-state index contributed by atoms with van der Waals surface area (Å²) in [6, 6.07) is 0. The predicted octanol–water partition coefficient (Wildman–Crippen LogP) is 1.94. The predicted molar refractivity (Wildman–Crippen MR) is 71.7 cm³/mol. The summed E-state index contributed by atoms with van der Waals surface area (Å²) in [6.07, 6.45) is 4.87. The van der Waals surface area contributed by atoms with Gasteiger partial charge in [-0.25, -0.2) is 0 Å². The van der Waals surface area contributed by atoms with Gasteiger partial charge in [-0.15, -0.1) is 0 Å². The van der Waals surface area contributed by atoms with Crippen LogP contribution in [0.2, 0.25) is 0 Å². The van der Waals surface area contributed by atoms with Crippen molar-refractivity contribution in [3.05, 3.63) is 17.5 Å². The van der Waals surface area contributed by atoms with Gasteiger partial charge in [0.1, 0.15) is 5.69 Å². The number of rotatable bonds is 4. The molecular formula is C14H23N3O. The smallest absolute Gasteiger partial charge is 0.181 e. The van der Waals surface area contributed by atoms with Gasteiger partial charge in [0.2, 0.25) is 0 Å². The molecule has 0 aromatic carbocycles. The lowest BCUT2D eigenvalue weighted by molar-refractivity contribution is 0.0933. The third-order valence-corrected chi connectivity index (χ3v) is 4.03. The van der Waals surface area contributed by atoms with Crippen molar-refractivity contribution < 1.29 is 4.79 Å². The summed E-state index contributed by atoms with van der Waals surface area (Å²) < 4.78 is 1.70. The first-order chi connectivity index (χ1) is 8.59. The normalized spacial score (nSPS) is 21.8. The fourth-order valence-electron chi connectivity index (χ4n) is 2.87. The highest BCUT2D eigenvalue weighted by Gasteiger charge is 2.24. The van der Waals surface area contributed by atoms with Crippen LogP contribution in [0.15, 0.2) is 6.20 Å². The summed E-state index contributed by atoms with van der Waals surface area (Å²) >= 11 is 0. The molecule has 1 aliphatic rings. The number of aromatic nitrogens is 2. The number of carbonyl (C=O) groups is 1. The molecule has 1 saturated heterocycles. The second kappa shape index (κ2) is 5.65. The van der Waals surface area contributed by atoms with Crippen molar-refractivity contribution in [3.8, 4) is 0 Å². The van der Waals surface area contributed by atoms with Crippen LogP contribution in [-0.2, 0) is 7.05 Å². The first-order valence-corrected chi connectivity index (χ1v) is 6.82. The minimum Gasteiger partial charge on any atom is -0.316 e. The van der Waals surface area contributed by atoms with E-state index in [-0.39, 0.29) is 5.78 Å². The molecular weight excluding hydrogens is 226 g/mol. The van der Waals surface area contributed by atoms with Gasteiger partial charge in [-0.1, -0.05) is 6.92 Å². The van der Waals surface area contributed by atoms with Gasteiger partial charge < -0.3 is 5.32 Å². The van der Waals surface area contributed by atoms with Crippen molar-refractivity contribution in [2.24, 2.45) is 18.9 Å². The largest absolute Gasteiger partial charge is 0.316 e. The Labute approximate surface area is 109 Å². The van der Waals surface area contributed by atoms with E-state index in [1.54, 1.807) is 10.9 Å². The highest BCUT2D eigenvalue weighted by Crippen LogP contribution is 2.24. The second-order valence-electron chi connectivity index (χ2n) is 5.51. The van der Waals surface area contributed by atoms with Crippen LogP contribution in [0.25, 0.3) is 0 Å². The van der Waals surface area contributed by atoms with Crippen LogP contribution in [0.1, 0.15) is 42.2 Å². The number of ketones is 1. The van der Waals surface area contributed by atoms with Gasteiger partial charge in [-0.05, 0) is 50.3 Å². The van der Waals surface area contributed by atoms with E-state index in [1.807, 2.05) is 14.0 Å². The van der Waals surface area contributed by atoms with Crippen molar-refractivity contribution in [1.29, 1.82) is 0 Å². The van der Waals surface area contributed by atoms with Crippen molar-refractivity contribution in [2.75, 3.05) is 13.1 Å². The van der Waals surface area contributed by atoms with Crippen molar-refractivity contribution >= 4 is 5.78 Å². The monoisotopic (exact) mass is 249 g/mol. The molecule has 0 spiro atoms. The minimum atomic E-state index is 0.227. The number of nitrogens with one attached hydrogen (secondary N) is 1. The molecule has 1 aromatic heterocycles. The number of hydrogen-bond acceptors (Lipinski definition) is 3. The summed E-state index contributed by atoms with van der Waals surface area (Å²) in [6.45, 7) is 6.32. The third kappa shape index (κ3) is 2.80. The van der Waals surface area contributed by atoms with E-state index in [1.165, 1.54) is 12.8 Å². The molecule has 4 nitrogen and oxygen atoms in total. The molecule has 1 fully saturated rings. The quantitative estimate of drug-likeness (QED) is 0.830. The maximum absolute atomic E-state index is 12.3. The Morgan fingerprint density at radius 2 is 2.44 bits per heavy atom. The first-order valence-electron chi connectivity index (χ1n) is 6.82. The van der Waals surface area contributed by atoms with Gasteiger partial charge in [-0.2, -0.15) is 5.10 Å². The van der Waals surface area contributed by atoms with E-state index in [0.29, 0.717) is 18.3 Å². The Balaban J connectivity index is 1.98. The number of nitrogens with zero attached hydrogens (tertiary/aromatic N) is 2. The Hall–Kier alpha value is -1.16. The number of aryl methyl sites for hydroxylation is 2. The summed E-state index contributed by atoms with van der Waals surface area (Å²) in [5.74, 6) is 1.31. The Morgan fingerprint density at radius 3 is 3.00 bits per heavy atom. The van der Waals surface area contributed by atoms with Gasteiger partial charge in [0, 0.05) is 13.5 Å². The summed E-state index contributed by atoms with van der Waals surface area (Å²) in [7, 11) is 1.84. The molecule has 2 unspecified atom stereocenters. The number of hydrogen-bond donors (Lipinski definition) is 1. The summed E-state index contributed by atoms with van der Waals surface area (Å²) in [4.78, 5) is 12.3. The molecule has 4 heteroatoms. The molecule has 1 aliphatic heterocycles. The van der Waals surface area contributed by atoms with Gasteiger partial charge in [0.15, 0.2) is 5.78 Å². The number of piperidine rings is 1. The van der Waals surface area contributed by atoms with Gasteiger partial charge in [0.05, 0.1) is 6.20 Å². The van der Waals surface area contributed by atoms with E-state index >= 15 is 0 Å². The topological polar surface area (TPSA) is 46.9 Å². The number of carbonyl (C=O) groups excluding carboxylic acids is 1. The highest BCUT2D eigenvalue weighted by atomic mass is 16.1. The summed E-state index contributed by atoms with van der Waals surface area (Å²) in [5, 5.41) is 7.56. The van der Waals surface area contributed by atoms with Crippen LogP contribution >= 0.6 is 0 Å². The van der Waals surface area contributed by atoms with E-state index in [2.05, 4.69) is 17.3 Å². The van der Waals surface area contributed by atoms with E-state index < -0.39 is 0 Å². The van der Waals surface area contributed by atoms with E-state index in [0.717, 1.165) is 24.3 Å². The van der Waals surface area contributed by atoms with Gasteiger partial charge in [-0.3, -0.25) is 9.48 Å². The molecule has 1 N–H and O–H groups in total. The fraction of sp³-hybridized carbons (Fsp3) is 0.714. The zero-order valence-electron chi connectivity index (χ0n) is 11.6. The zero-order chi connectivity index (χ0) is 13.1. The first kappa shape index (κ1) is 13.3. The number of Topliss-reactive ketones (excluding diaryl/α,β-unsaturated/α-hetero) is 1. The second-order valence-corrected chi connectivity index (χ2v) is 5.51. The van der Waals surface area contributed by atoms with Crippen molar-refractivity contribution in [1.82, 2.24) is 15.1 Å². The van der Waals surface area contributed by atoms with Crippen LogP contribution in [0.5, 0.6) is 0 Å². The zero-order valence-corrected chi connectivity index (χ0v) is 11.6. The Bertz CT molecular complexity index is 399. The lowest BCUT2D eigenvalue weighted by Crippen LogP contribution is -2.34. The van der Waals surface area contributed by atoms with E-state index in [9.17, 15) is 4.79 Å².